The number of rotatable bonds is 3. The lowest BCUT2D eigenvalue weighted by molar-refractivity contribution is 0.515. The van der Waals surface area contributed by atoms with Gasteiger partial charge in [0.25, 0.3) is 0 Å². The highest BCUT2D eigenvalue weighted by Crippen LogP contribution is 2.26. The van der Waals surface area contributed by atoms with Crippen LogP contribution in [0.3, 0.4) is 0 Å². The third-order valence-electron chi connectivity index (χ3n) is 3.71. The van der Waals surface area contributed by atoms with Crippen molar-refractivity contribution in [3.05, 3.63) is 78.1 Å². The first-order chi connectivity index (χ1) is 10.7. The molecule has 0 aliphatic rings. The zero-order chi connectivity index (χ0) is 15.5. The first kappa shape index (κ1) is 14.4. The van der Waals surface area contributed by atoms with Crippen molar-refractivity contribution in [3.63, 3.8) is 0 Å². The number of aromatic nitrogens is 1. The SMILES string of the molecule is CCc1ccc(-c2ccc(-c3ccc(F)nc3F)cc2)cc1. The number of nitrogens with zero attached hydrogens (tertiary/aromatic N) is 1. The fourth-order valence-corrected chi connectivity index (χ4v) is 2.40. The van der Waals surface area contributed by atoms with E-state index in [1.807, 2.05) is 24.3 Å². The summed E-state index contributed by atoms with van der Waals surface area (Å²) in [6.45, 7) is 2.12. The molecule has 3 rings (SSSR count). The van der Waals surface area contributed by atoms with Crippen molar-refractivity contribution in [3.8, 4) is 22.3 Å². The first-order valence-corrected chi connectivity index (χ1v) is 7.19. The summed E-state index contributed by atoms with van der Waals surface area (Å²) in [6, 6.07) is 18.4. The molecule has 110 valence electrons. The van der Waals surface area contributed by atoms with Gasteiger partial charge < -0.3 is 0 Å². The number of benzene rings is 2. The lowest BCUT2D eigenvalue weighted by atomic mass is 10.00. The minimum atomic E-state index is -0.811. The van der Waals surface area contributed by atoms with Crippen molar-refractivity contribution in [2.45, 2.75) is 13.3 Å². The largest absolute Gasteiger partial charge is 0.223 e. The van der Waals surface area contributed by atoms with Crippen LogP contribution in [0.4, 0.5) is 8.78 Å². The molecule has 3 aromatic rings. The second-order valence-electron chi connectivity index (χ2n) is 5.10. The summed E-state index contributed by atoms with van der Waals surface area (Å²) in [5.74, 6) is -1.60. The second-order valence-corrected chi connectivity index (χ2v) is 5.10. The number of hydrogen-bond acceptors (Lipinski definition) is 1. The van der Waals surface area contributed by atoms with Crippen molar-refractivity contribution in [1.82, 2.24) is 4.98 Å². The molecule has 0 fully saturated rings. The standard InChI is InChI=1S/C19H15F2N/c1-2-13-3-5-14(6-4-13)15-7-9-16(10-8-15)17-11-12-18(20)22-19(17)21/h3-12H,2H2,1H3. The Kier molecular flexibility index (Phi) is 3.96. The summed E-state index contributed by atoms with van der Waals surface area (Å²) in [5, 5.41) is 0. The maximum Gasteiger partial charge on any atom is 0.223 e. The molecule has 0 unspecified atom stereocenters. The number of hydrogen-bond donors (Lipinski definition) is 0. The summed E-state index contributed by atoms with van der Waals surface area (Å²) in [7, 11) is 0. The van der Waals surface area contributed by atoms with Gasteiger partial charge in [0.1, 0.15) is 0 Å². The molecule has 2 aromatic carbocycles. The molecule has 0 saturated carbocycles. The van der Waals surface area contributed by atoms with Crippen LogP contribution >= 0.6 is 0 Å². The minimum absolute atomic E-state index is 0.300. The van der Waals surface area contributed by atoms with Crippen molar-refractivity contribution in [1.29, 1.82) is 0 Å². The summed E-state index contributed by atoms with van der Waals surface area (Å²) in [6.07, 6.45) is 1.01. The molecular weight excluding hydrogens is 280 g/mol. The molecule has 3 heteroatoms. The minimum Gasteiger partial charge on any atom is -0.190 e. The van der Waals surface area contributed by atoms with Crippen molar-refractivity contribution >= 4 is 0 Å². The Bertz CT molecular complexity index is 778. The van der Waals surface area contributed by atoms with Gasteiger partial charge in [0.2, 0.25) is 11.9 Å². The van der Waals surface area contributed by atoms with Crippen LogP contribution in [0.1, 0.15) is 12.5 Å². The van der Waals surface area contributed by atoms with Crippen molar-refractivity contribution in [2.24, 2.45) is 0 Å². The monoisotopic (exact) mass is 295 g/mol. The highest BCUT2D eigenvalue weighted by Gasteiger charge is 2.08. The molecule has 0 spiro atoms. The summed E-state index contributed by atoms with van der Waals surface area (Å²) < 4.78 is 26.6. The van der Waals surface area contributed by atoms with Gasteiger partial charge in [-0.2, -0.15) is 13.8 Å². The fraction of sp³-hybridized carbons (Fsp3) is 0.105. The van der Waals surface area contributed by atoms with E-state index in [2.05, 4.69) is 36.2 Å². The molecule has 1 aromatic heterocycles. The van der Waals surface area contributed by atoms with Gasteiger partial charge >= 0.3 is 0 Å². The van der Waals surface area contributed by atoms with E-state index in [4.69, 9.17) is 0 Å². The molecule has 0 radical (unpaired) electrons. The quantitative estimate of drug-likeness (QED) is 0.601. The summed E-state index contributed by atoms with van der Waals surface area (Å²) in [4.78, 5) is 3.22. The van der Waals surface area contributed by atoms with Crippen LogP contribution in [0.15, 0.2) is 60.7 Å². The molecule has 0 aliphatic heterocycles. The fourth-order valence-electron chi connectivity index (χ4n) is 2.40. The number of aryl methyl sites for hydroxylation is 1. The third-order valence-corrected chi connectivity index (χ3v) is 3.71. The van der Waals surface area contributed by atoms with Crippen LogP contribution in [0.2, 0.25) is 0 Å². The Balaban J connectivity index is 1.91. The Morgan fingerprint density at radius 1 is 0.727 bits per heavy atom. The molecule has 0 amide bonds. The van der Waals surface area contributed by atoms with Gasteiger partial charge in [0.15, 0.2) is 0 Å². The van der Waals surface area contributed by atoms with Gasteiger partial charge in [-0.15, -0.1) is 0 Å². The highest BCUT2D eigenvalue weighted by molar-refractivity contribution is 5.70. The van der Waals surface area contributed by atoms with E-state index in [9.17, 15) is 8.78 Å². The highest BCUT2D eigenvalue weighted by atomic mass is 19.1. The van der Waals surface area contributed by atoms with E-state index in [0.717, 1.165) is 23.6 Å². The molecule has 0 bridgehead atoms. The molecule has 1 heterocycles. The Hall–Kier alpha value is -2.55. The molecular formula is C19H15F2N. The van der Waals surface area contributed by atoms with Crippen molar-refractivity contribution < 1.29 is 8.78 Å². The number of pyridine rings is 1. The van der Waals surface area contributed by atoms with E-state index < -0.39 is 11.9 Å². The zero-order valence-electron chi connectivity index (χ0n) is 12.2. The van der Waals surface area contributed by atoms with E-state index in [1.54, 1.807) is 0 Å². The predicted molar refractivity (Wildman–Crippen MR) is 84.4 cm³/mol. The smallest absolute Gasteiger partial charge is 0.190 e. The molecule has 0 N–H and O–H groups in total. The Labute approximate surface area is 128 Å². The molecule has 0 saturated heterocycles. The topological polar surface area (TPSA) is 12.9 Å². The summed E-state index contributed by atoms with van der Waals surface area (Å²) >= 11 is 0. The van der Waals surface area contributed by atoms with E-state index in [1.165, 1.54) is 11.6 Å². The second kappa shape index (κ2) is 6.06. The number of halogens is 2. The molecule has 22 heavy (non-hydrogen) atoms. The van der Waals surface area contributed by atoms with Crippen LogP contribution < -0.4 is 0 Å². The Morgan fingerprint density at radius 3 is 1.82 bits per heavy atom. The average molecular weight is 295 g/mol. The zero-order valence-corrected chi connectivity index (χ0v) is 12.2. The first-order valence-electron chi connectivity index (χ1n) is 7.19. The molecule has 0 aliphatic carbocycles. The normalized spacial score (nSPS) is 10.7. The van der Waals surface area contributed by atoms with Gasteiger partial charge in [-0.1, -0.05) is 55.5 Å². The van der Waals surface area contributed by atoms with Gasteiger partial charge in [-0.3, -0.25) is 0 Å². The van der Waals surface area contributed by atoms with Gasteiger partial charge in [-0.25, -0.2) is 0 Å². The van der Waals surface area contributed by atoms with Crippen LogP contribution in [-0.4, -0.2) is 4.98 Å². The van der Waals surface area contributed by atoms with Crippen LogP contribution in [0.5, 0.6) is 0 Å². The lowest BCUT2D eigenvalue weighted by Gasteiger charge is -2.06. The van der Waals surface area contributed by atoms with Crippen molar-refractivity contribution in [2.75, 3.05) is 0 Å². The predicted octanol–water partition coefficient (Wildman–Crippen LogP) is 5.26. The molecule has 1 nitrogen and oxygen atoms in total. The maximum atomic E-state index is 13.7. The van der Waals surface area contributed by atoms with E-state index >= 15 is 0 Å². The van der Waals surface area contributed by atoms with Gasteiger partial charge in [0, 0.05) is 5.56 Å². The van der Waals surface area contributed by atoms with Gasteiger partial charge in [-0.05, 0) is 40.8 Å². The van der Waals surface area contributed by atoms with Gasteiger partial charge in [0.05, 0.1) is 0 Å². The van der Waals surface area contributed by atoms with Crippen LogP contribution in [-0.2, 0) is 6.42 Å². The van der Waals surface area contributed by atoms with Crippen LogP contribution in [0, 0.1) is 11.9 Å². The van der Waals surface area contributed by atoms with E-state index in [-0.39, 0.29) is 0 Å². The molecule has 0 atom stereocenters. The maximum absolute atomic E-state index is 13.7. The Morgan fingerprint density at radius 2 is 1.27 bits per heavy atom. The van der Waals surface area contributed by atoms with E-state index in [0.29, 0.717) is 11.1 Å². The third kappa shape index (κ3) is 2.89. The lowest BCUT2D eigenvalue weighted by Crippen LogP contribution is -1.92. The van der Waals surface area contributed by atoms with Crippen LogP contribution in [0.25, 0.3) is 22.3 Å². The average Bonchev–Trinajstić information content (AvgIpc) is 2.55. The summed E-state index contributed by atoms with van der Waals surface area (Å²) in [5.41, 5.74) is 4.44.